The Morgan fingerprint density at radius 2 is 1.88 bits per heavy atom. The third-order valence-corrected chi connectivity index (χ3v) is 6.11. The summed E-state index contributed by atoms with van der Waals surface area (Å²) in [6.07, 6.45) is 7.54. The summed E-state index contributed by atoms with van der Waals surface area (Å²) in [5.74, 6) is -0.864. The molecule has 144 valence electrons. The number of nitrogens with one attached hydrogen (secondary N) is 1. The Bertz CT molecular complexity index is 745. The van der Waals surface area contributed by atoms with Gasteiger partial charge in [0, 0.05) is 20.6 Å². The number of halogens is 1. The molecule has 0 heterocycles. The molecule has 1 aliphatic carbocycles. The predicted octanol–water partition coefficient (Wildman–Crippen LogP) is 2.45. The van der Waals surface area contributed by atoms with Gasteiger partial charge in [-0.25, -0.2) is 8.70 Å². The maximum Gasteiger partial charge on any atom is 0.304 e. The first-order chi connectivity index (χ1) is 12.3. The van der Waals surface area contributed by atoms with Gasteiger partial charge in [-0.3, -0.25) is 4.79 Å². The topological polar surface area (TPSA) is 69.7 Å². The minimum Gasteiger partial charge on any atom is -0.354 e. The van der Waals surface area contributed by atoms with E-state index >= 15 is 0 Å². The normalized spacial score (nSPS) is 14.8. The van der Waals surface area contributed by atoms with Gasteiger partial charge in [0.05, 0.1) is 5.69 Å². The van der Waals surface area contributed by atoms with Gasteiger partial charge in [0.25, 0.3) is 0 Å². The molecular weight excluding hydrogens is 357 g/mol. The molecule has 1 amide bonds. The van der Waals surface area contributed by atoms with Gasteiger partial charge in [-0.05, 0) is 56.4 Å². The SMILES string of the molecule is CN(C)S(=O)(=O)N(CC(=O)NCCC1=CCCCC1)c1ccc(F)cc1. The Labute approximate surface area is 154 Å². The maximum atomic E-state index is 13.1. The lowest BCUT2D eigenvalue weighted by Crippen LogP contribution is -2.46. The highest BCUT2D eigenvalue weighted by molar-refractivity contribution is 7.90. The number of hydrogen-bond acceptors (Lipinski definition) is 3. The molecule has 0 aromatic heterocycles. The lowest BCUT2D eigenvalue weighted by molar-refractivity contribution is -0.119. The highest BCUT2D eigenvalue weighted by atomic mass is 32.2. The summed E-state index contributed by atoms with van der Waals surface area (Å²) in [7, 11) is -1.10. The van der Waals surface area contributed by atoms with Gasteiger partial charge in [0.15, 0.2) is 0 Å². The number of benzene rings is 1. The van der Waals surface area contributed by atoms with Crippen molar-refractivity contribution in [2.24, 2.45) is 0 Å². The van der Waals surface area contributed by atoms with Crippen LogP contribution in [-0.4, -0.2) is 45.8 Å². The van der Waals surface area contributed by atoms with E-state index in [0.717, 1.165) is 27.9 Å². The van der Waals surface area contributed by atoms with Crippen LogP contribution in [0.15, 0.2) is 35.9 Å². The molecular formula is C18H26FN3O3S. The van der Waals surface area contributed by atoms with Gasteiger partial charge in [0.2, 0.25) is 5.91 Å². The van der Waals surface area contributed by atoms with E-state index in [9.17, 15) is 17.6 Å². The zero-order valence-electron chi connectivity index (χ0n) is 15.2. The molecule has 0 fully saturated rings. The Balaban J connectivity index is 2.02. The van der Waals surface area contributed by atoms with Crippen LogP contribution in [0.4, 0.5) is 10.1 Å². The van der Waals surface area contributed by atoms with Gasteiger partial charge in [0.1, 0.15) is 12.4 Å². The van der Waals surface area contributed by atoms with Crippen LogP contribution >= 0.6 is 0 Å². The number of allylic oxidation sites excluding steroid dienone is 1. The molecule has 6 nitrogen and oxygen atoms in total. The highest BCUT2D eigenvalue weighted by Gasteiger charge is 2.27. The first-order valence-corrected chi connectivity index (χ1v) is 10.1. The summed E-state index contributed by atoms with van der Waals surface area (Å²) in [5, 5.41) is 2.77. The van der Waals surface area contributed by atoms with Gasteiger partial charge in [-0.15, -0.1) is 0 Å². The molecule has 0 radical (unpaired) electrons. The van der Waals surface area contributed by atoms with Crippen LogP contribution in [0.1, 0.15) is 32.1 Å². The smallest absolute Gasteiger partial charge is 0.304 e. The second-order valence-corrected chi connectivity index (χ2v) is 8.55. The standard InChI is InChI=1S/C18H26FN3O3S/c1-21(2)26(24,25)22(17-10-8-16(19)9-11-17)14-18(23)20-13-12-15-6-4-3-5-7-15/h6,8-11H,3-5,7,12-14H2,1-2H3,(H,20,23). The van der Waals surface area contributed by atoms with Crippen LogP contribution in [0.3, 0.4) is 0 Å². The molecule has 0 atom stereocenters. The van der Waals surface area contributed by atoms with Crippen LogP contribution in [0, 0.1) is 5.82 Å². The van der Waals surface area contributed by atoms with Gasteiger partial charge < -0.3 is 5.32 Å². The maximum absolute atomic E-state index is 13.1. The fraction of sp³-hybridized carbons (Fsp3) is 0.500. The highest BCUT2D eigenvalue weighted by Crippen LogP contribution is 2.20. The second-order valence-electron chi connectivity index (χ2n) is 6.48. The van der Waals surface area contributed by atoms with E-state index in [2.05, 4.69) is 11.4 Å². The quantitative estimate of drug-likeness (QED) is 0.701. The lowest BCUT2D eigenvalue weighted by atomic mass is 9.97. The number of carbonyl (C=O) groups is 1. The Kier molecular flexibility index (Phi) is 7.16. The van der Waals surface area contributed by atoms with Crippen molar-refractivity contribution in [3.05, 3.63) is 41.7 Å². The number of carbonyl (C=O) groups excluding carboxylic acids is 1. The van der Waals surface area contributed by atoms with Crippen molar-refractivity contribution in [2.45, 2.75) is 32.1 Å². The summed E-state index contributed by atoms with van der Waals surface area (Å²) in [6, 6.07) is 5.02. The molecule has 0 bridgehead atoms. The van der Waals surface area contributed by atoms with Crippen LogP contribution < -0.4 is 9.62 Å². The average molecular weight is 383 g/mol. The number of amides is 1. The van der Waals surface area contributed by atoms with Crippen LogP contribution in [0.5, 0.6) is 0 Å². The molecule has 1 N–H and O–H groups in total. The lowest BCUT2D eigenvalue weighted by Gasteiger charge is -2.27. The van der Waals surface area contributed by atoms with Crippen molar-refractivity contribution in [3.8, 4) is 0 Å². The van der Waals surface area contributed by atoms with Gasteiger partial charge in [-0.1, -0.05) is 11.6 Å². The molecule has 1 aromatic rings. The predicted molar refractivity (Wildman–Crippen MR) is 101 cm³/mol. The molecule has 8 heteroatoms. The fourth-order valence-corrected chi connectivity index (χ4v) is 3.85. The van der Waals surface area contributed by atoms with E-state index < -0.39 is 21.9 Å². The van der Waals surface area contributed by atoms with E-state index in [1.165, 1.54) is 56.8 Å². The van der Waals surface area contributed by atoms with Crippen molar-refractivity contribution in [3.63, 3.8) is 0 Å². The van der Waals surface area contributed by atoms with E-state index in [1.807, 2.05) is 0 Å². The number of hydrogen-bond donors (Lipinski definition) is 1. The molecule has 0 unspecified atom stereocenters. The molecule has 2 rings (SSSR count). The van der Waals surface area contributed by atoms with Crippen molar-refractivity contribution in [1.29, 1.82) is 0 Å². The summed E-state index contributed by atoms with van der Waals surface area (Å²) in [5.41, 5.74) is 1.58. The largest absolute Gasteiger partial charge is 0.354 e. The molecule has 26 heavy (non-hydrogen) atoms. The average Bonchev–Trinajstić information content (AvgIpc) is 2.61. The van der Waals surface area contributed by atoms with E-state index in [4.69, 9.17) is 0 Å². The van der Waals surface area contributed by atoms with Crippen molar-refractivity contribution < 1.29 is 17.6 Å². The Hall–Kier alpha value is -1.93. The van der Waals surface area contributed by atoms with E-state index in [-0.39, 0.29) is 12.2 Å². The molecule has 0 aliphatic heterocycles. The Morgan fingerprint density at radius 3 is 2.46 bits per heavy atom. The summed E-state index contributed by atoms with van der Waals surface area (Å²) < 4.78 is 40.2. The molecule has 0 saturated carbocycles. The first kappa shape index (κ1) is 20.4. The molecule has 1 aliphatic rings. The third kappa shape index (κ3) is 5.54. The van der Waals surface area contributed by atoms with Crippen LogP contribution in [0.2, 0.25) is 0 Å². The van der Waals surface area contributed by atoms with E-state index in [0.29, 0.717) is 6.54 Å². The van der Waals surface area contributed by atoms with Crippen molar-refractivity contribution >= 4 is 21.8 Å². The summed E-state index contributed by atoms with van der Waals surface area (Å²) in [4.78, 5) is 12.3. The number of rotatable bonds is 8. The van der Waals surface area contributed by atoms with Crippen LogP contribution in [0.25, 0.3) is 0 Å². The third-order valence-electron chi connectivity index (χ3n) is 4.30. The monoisotopic (exact) mass is 383 g/mol. The zero-order chi connectivity index (χ0) is 19.2. The zero-order valence-corrected chi connectivity index (χ0v) is 16.1. The number of anilines is 1. The van der Waals surface area contributed by atoms with Gasteiger partial charge in [-0.2, -0.15) is 12.7 Å². The summed E-state index contributed by atoms with van der Waals surface area (Å²) in [6.45, 7) is 0.120. The minimum atomic E-state index is -3.87. The minimum absolute atomic E-state index is 0.241. The van der Waals surface area contributed by atoms with Crippen molar-refractivity contribution in [2.75, 3.05) is 31.5 Å². The molecule has 0 saturated heterocycles. The van der Waals surface area contributed by atoms with Crippen LogP contribution in [-0.2, 0) is 15.0 Å². The molecule has 1 aromatic carbocycles. The first-order valence-electron chi connectivity index (χ1n) is 8.71. The fourth-order valence-electron chi connectivity index (χ4n) is 2.79. The second kappa shape index (κ2) is 9.14. The van der Waals surface area contributed by atoms with E-state index in [1.54, 1.807) is 0 Å². The Morgan fingerprint density at radius 1 is 1.19 bits per heavy atom. The van der Waals surface area contributed by atoms with Gasteiger partial charge >= 0.3 is 10.2 Å². The number of nitrogens with zero attached hydrogens (tertiary/aromatic N) is 2. The van der Waals surface area contributed by atoms with Crippen molar-refractivity contribution in [1.82, 2.24) is 9.62 Å². The molecule has 0 spiro atoms. The summed E-state index contributed by atoms with van der Waals surface area (Å²) >= 11 is 0.